The lowest BCUT2D eigenvalue weighted by atomic mass is 9.98. The Morgan fingerprint density at radius 3 is 1.35 bits per heavy atom. The van der Waals surface area contributed by atoms with E-state index in [0.29, 0.717) is 131 Å². The molecule has 1 atom stereocenters. The molecule has 8 N–H and O–H groups in total. The third-order valence-corrected chi connectivity index (χ3v) is 14.3. The van der Waals surface area contributed by atoms with Crippen molar-refractivity contribution in [1.82, 2.24) is 59.8 Å². The first-order valence-electron chi connectivity index (χ1n) is 26.5. The van der Waals surface area contributed by atoms with Crippen molar-refractivity contribution >= 4 is 23.6 Å². The van der Waals surface area contributed by atoms with Gasteiger partial charge in [-0.05, 0) is 97.2 Å². The Morgan fingerprint density at radius 1 is 0.558 bits per heavy atom. The van der Waals surface area contributed by atoms with Crippen molar-refractivity contribution < 1.29 is 39.6 Å². The summed E-state index contributed by atoms with van der Waals surface area (Å²) in [5.41, 5.74) is 11.6. The summed E-state index contributed by atoms with van der Waals surface area (Å²) in [7, 11) is 0. The number of hydrogen-bond donors (Lipinski definition) is 7. The average Bonchev–Trinajstić information content (AvgIpc) is 4.08. The van der Waals surface area contributed by atoms with Crippen LogP contribution in [-0.2, 0) is 22.7 Å². The quantitative estimate of drug-likeness (QED) is 0.0547. The molecule has 2 saturated heterocycles. The van der Waals surface area contributed by atoms with Crippen LogP contribution in [0, 0.1) is 0 Å². The van der Waals surface area contributed by atoms with E-state index >= 15 is 0 Å². The van der Waals surface area contributed by atoms with Gasteiger partial charge in [-0.15, -0.1) is 20.4 Å². The number of nitrogens with two attached hydrogens (primary N) is 1. The minimum atomic E-state index is -0.702. The highest BCUT2D eigenvalue weighted by atomic mass is 16.3. The number of rotatable bonds is 19. The Bertz CT molecular complexity index is 3060. The largest absolute Gasteiger partial charge is 0.508 e. The number of phenolic OH excluding ortho intramolecular Hbond substituents is 4. The molecule has 21 nitrogen and oxygen atoms in total. The highest BCUT2D eigenvalue weighted by Gasteiger charge is 2.29. The molecule has 8 rings (SSSR count). The Kier molecular flexibility index (Phi) is 17.5. The van der Waals surface area contributed by atoms with Crippen LogP contribution in [0.3, 0.4) is 0 Å². The molecule has 2 fully saturated rings. The Morgan fingerprint density at radius 2 is 0.961 bits per heavy atom. The second-order valence-corrected chi connectivity index (χ2v) is 20.3. The van der Waals surface area contributed by atoms with Crippen molar-refractivity contribution in [3.8, 4) is 57.1 Å². The van der Waals surface area contributed by atoms with E-state index in [0.717, 1.165) is 11.1 Å². The molecule has 21 heteroatoms. The summed E-state index contributed by atoms with van der Waals surface area (Å²) in [5, 5.41) is 65.4. The first-order chi connectivity index (χ1) is 37.0. The molecule has 2 aromatic heterocycles. The van der Waals surface area contributed by atoms with Gasteiger partial charge in [-0.2, -0.15) is 0 Å². The van der Waals surface area contributed by atoms with Crippen LogP contribution in [0.25, 0.3) is 34.2 Å². The van der Waals surface area contributed by atoms with E-state index in [1.807, 2.05) is 95.0 Å². The third-order valence-electron chi connectivity index (χ3n) is 14.3. The molecule has 2 aliphatic heterocycles. The van der Waals surface area contributed by atoms with Gasteiger partial charge in [0.25, 0.3) is 11.8 Å². The van der Waals surface area contributed by atoms with Crippen LogP contribution in [0.15, 0.2) is 72.8 Å². The zero-order chi connectivity index (χ0) is 55.1. The van der Waals surface area contributed by atoms with Gasteiger partial charge in [0.2, 0.25) is 23.5 Å². The zero-order valence-corrected chi connectivity index (χ0v) is 44.7. The Balaban J connectivity index is 0.788. The van der Waals surface area contributed by atoms with Crippen molar-refractivity contribution in [3.05, 3.63) is 107 Å². The maximum atomic E-state index is 13.5. The van der Waals surface area contributed by atoms with Gasteiger partial charge in [-0.25, -0.2) is 0 Å². The molecular weight excluding hydrogens is 983 g/mol. The molecule has 0 bridgehead atoms. The second-order valence-electron chi connectivity index (χ2n) is 20.3. The average molecular weight is 1050 g/mol. The van der Waals surface area contributed by atoms with Crippen LogP contribution in [0.1, 0.15) is 116 Å². The smallest absolute Gasteiger partial charge is 0.289 e. The highest BCUT2D eigenvalue weighted by Crippen LogP contribution is 2.40. The maximum absolute atomic E-state index is 13.5. The number of benzene rings is 4. The summed E-state index contributed by atoms with van der Waals surface area (Å²) in [4.78, 5) is 61.3. The van der Waals surface area contributed by atoms with E-state index in [4.69, 9.17) is 5.73 Å². The molecule has 0 saturated carbocycles. The van der Waals surface area contributed by atoms with Crippen LogP contribution in [0.2, 0.25) is 0 Å². The van der Waals surface area contributed by atoms with Crippen molar-refractivity contribution in [2.75, 3.05) is 65.4 Å². The van der Waals surface area contributed by atoms with Crippen molar-refractivity contribution in [3.63, 3.8) is 0 Å². The molecule has 4 amide bonds. The van der Waals surface area contributed by atoms with Crippen LogP contribution in [0.4, 0.5) is 0 Å². The molecule has 6 aromatic rings. The summed E-state index contributed by atoms with van der Waals surface area (Å²) >= 11 is 0. The van der Waals surface area contributed by atoms with Crippen molar-refractivity contribution in [2.24, 2.45) is 5.73 Å². The fourth-order valence-electron chi connectivity index (χ4n) is 9.94. The summed E-state index contributed by atoms with van der Waals surface area (Å²) < 4.78 is 3.21. The van der Waals surface area contributed by atoms with E-state index < -0.39 is 17.9 Å². The number of carbonyl (C=O) groups excluding carboxylic acids is 4. The van der Waals surface area contributed by atoms with Crippen LogP contribution in [-0.4, -0.2) is 165 Å². The lowest BCUT2D eigenvalue weighted by Gasteiger charge is -2.36. The second kappa shape index (κ2) is 24.4. The summed E-state index contributed by atoms with van der Waals surface area (Å²) in [6, 6.07) is 20.6. The molecular formula is C56H71N13O8. The molecule has 77 heavy (non-hydrogen) atoms. The predicted molar refractivity (Wildman–Crippen MR) is 290 cm³/mol. The minimum absolute atomic E-state index is 0.0302. The molecule has 408 valence electrons. The zero-order valence-electron chi connectivity index (χ0n) is 44.7. The maximum Gasteiger partial charge on any atom is 0.289 e. The number of phenols is 4. The molecule has 0 aliphatic carbocycles. The SMILES string of the molecule is CCNC(=O)c1nnc(-c2cc(C(C)C)c(O)cc2O)n1-c1ccc(CN2CCN(C(=O)CCC[C@H](N)C(=O)N3CCN(Cc4ccc(-n5c(C(=O)NCC)nnc5-c5cc(C(C)C)c(O)cc5O)cc4)CC3)CC2)cc1. The molecule has 4 aromatic carbocycles. The van der Waals surface area contributed by atoms with Gasteiger partial charge in [0, 0.05) is 108 Å². The van der Waals surface area contributed by atoms with Gasteiger partial charge in [0.15, 0.2) is 11.6 Å². The molecule has 0 radical (unpaired) electrons. The monoisotopic (exact) mass is 1050 g/mol. The molecule has 0 spiro atoms. The Labute approximate surface area is 448 Å². The van der Waals surface area contributed by atoms with Crippen LogP contribution >= 0.6 is 0 Å². The number of aromatic hydroxyl groups is 4. The summed E-state index contributed by atoms with van der Waals surface area (Å²) in [5.74, 6) is -0.791. The number of carbonyl (C=O) groups is 4. The molecule has 4 heterocycles. The van der Waals surface area contributed by atoms with Gasteiger partial charge in [-0.3, -0.25) is 38.1 Å². The first-order valence-corrected chi connectivity index (χ1v) is 26.5. The minimum Gasteiger partial charge on any atom is -0.508 e. The highest BCUT2D eigenvalue weighted by molar-refractivity contribution is 5.93. The van der Waals surface area contributed by atoms with E-state index in [9.17, 15) is 39.6 Å². The predicted octanol–water partition coefficient (Wildman–Crippen LogP) is 5.24. The van der Waals surface area contributed by atoms with Gasteiger partial charge in [-0.1, -0.05) is 52.0 Å². The number of aromatic nitrogens is 6. The fourth-order valence-corrected chi connectivity index (χ4v) is 9.94. The number of nitrogens with one attached hydrogen (secondary N) is 2. The van der Waals surface area contributed by atoms with Gasteiger partial charge < -0.3 is 46.6 Å². The number of nitrogens with zero attached hydrogens (tertiary/aromatic N) is 10. The first kappa shape index (κ1) is 55.4. The molecule has 0 unspecified atom stereocenters. The molecule has 2 aliphatic rings. The van der Waals surface area contributed by atoms with Gasteiger partial charge >= 0.3 is 0 Å². The standard InChI is InChI=1S/C56H71N13O8/c1-7-58-54(75)52-62-60-50(42-28-40(34(3)4)45(70)30-47(42)72)68(52)38-16-12-36(13-17-38)32-64-20-24-66(25-21-64)49(74)11-9-10-44(57)56(77)67-26-22-65(23-27-67)33-37-14-18-39(19-15-37)69-51(61-63-53(69)55(76)59-8-2)43-29-41(35(5)6)46(71)31-48(43)73/h12-19,28-31,34-35,44,70-73H,7-11,20-27,32-33,57H2,1-6H3,(H,58,75)(H,59,76)/t44-/m0/s1. The van der Waals surface area contributed by atoms with Crippen molar-refractivity contribution in [1.29, 1.82) is 0 Å². The summed E-state index contributed by atoms with van der Waals surface area (Å²) in [6.45, 7) is 18.3. The summed E-state index contributed by atoms with van der Waals surface area (Å²) in [6.07, 6.45) is 1.22. The Hall–Kier alpha value is -7.88. The van der Waals surface area contributed by atoms with E-state index in [1.54, 1.807) is 26.2 Å². The number of hydrogen-bond acceptors (Lipinski definition) is 15. The lowest BCUT2D eigenvalue weighted by Crippen LogP contribution is -2.52. The van der Waals surface area contributed by atoms with Crippen LogP contribution < -0.4 is 16.4 Å². The van der Waals surface area contributed by atoms with E-state index in [2.05, 4.69) is 40.8 Å². The fraction of sp³-hybridized carbons (Fsp3) is 0.429. The van der Waals surface area contributed by atoms with Crippen molar-refractivity contribution in [2.45, 2.75) is 91.8 Å². The van der Waals surface area contributed by atoms with Gasteiger partial charge in [0.1, 0.15) is 23.0 Å². The van der Waals surface area contributed by atoms with E-state index in [-0.39, 0.29) is 69.9 Å². The van der Waals surface area contributed by atoms with E-state index in [1.165, 1.54) is 12.1 Å². The van der Waals surface area contributed by atoms with Crippen LogP contribution in [0.5, 0.6) is 23.0 Å². The topological polar surface area (TPSA) is 274 Å². The number of amides is 4. The van der Waals surface area contributed by atoms with Gasteiger partial charge in [0.05, 0.1) is 17.2 Å². The normalized spacial score (nSPS) is 14.8. The number of piperazine rings is 2. The lowest BCUT2D eigenvalue weighted by molar-refractivity contribution is -0.136. The third kappa shape index (κ3) is 12.5.